The molecule has 56 valence electrons. The van der Waals surface area contributed by atoms with E-state index in [4.69, 9.17) is 5.73 Å². The van der Waals surface area contributed by atoms with Crippen LogP contribution in [-0.4, -0.2) is 9.97 Å². The Morgan fingerprint density at radius 2 is 2.27 bits per heavy atom. The van der Waals surface area contributed by atoms with E-state index in [0.29, 0.717) is 5.82 Å². The van der Waals surface area contributed by atoms with Gasteiger partial charge in [-0.1, -0.05) is 0 Å². The van der Waals surface area contributed by atoms with Gasteiger partial charge in [0.1, 0.15) is 5.82 Å². The summed E-state index contributed by atoms with van der Waals surface area (Å²) in [4.78, 5) is 7.29. The lowest BCUT2D eigenvalue weighted by molar-refractivity contribution is 1.39. The molecule has 4 heteroatoms. The Morgan fingerprint density at radius 1 is 1.45 bits per heavy atom. The molecule has 0 amide bonds. The van der Waals surface area contributed by atoms with Gasteiger partial charge in [-0.05, 0) is 40.8 Å². The van der Waals surface area contributed by atoms with Crippen molar-refractivity contribution in [2.24, 2.45) is 0 Å². The summed E-state index contributed by atoms with van der Waals surface area (Å²) in [5.74, 6) is 0.563. The van der Waals surface area contributed by atoms with Crippen molar-refractivity contribution in [1.82, 2.24) is 9.97 Å². The van der Waals surface area contributed by atoms with E-state index in [1.807, 2.05) is 12.1 Å². The summed E-state index contributed by atoms with van der Waals surface area (Å²) in [6, 6.07) is 5.68. The molecule has 0 aliphatic rings. The van der Waals surface area contributed by atoms with Crippen LogP contribution in [0.1, 0.15) is 0 Å². The Hall–Kier alpha value is -0.780. The third-order valence-electron chi connectivity index (χ3n) is 1.46. The van der Waals surface area contributed by atoms with E-state index in [2.05, 4.69) is 32.6 Å². The van der Waals surface area contributed by atoms with Crippen LogP contribution in [0.5, 0.6) is 0 Å². The molecule has 3 nitrogen and oxygen atoms in total. The van der Waals surface area contributed by atoms with Gasteiger partial charge in [-0.2, -0.15) is 0 Å². The van der Waals surface area contributed by atoms with Crippen LogP contribution < -0.4 is 5.73 Å². The maximum atomic E-state index is 5.51. The molecule has 0 bridgehead atoms. The fraction of sp³-hybridized carbons (Fsp3) is 0. The van der Waals surface area contributed by atoms with Gasteiger partial charge in [0.2, 0.25) is 0 Å². The largest absolute Gasteiger partial charge is 0.384 e. The minimum atomic E-state index is 0.563. The third kappa shape index (κ3) is 1.18. The van der Waals surface area contributed by atoms with Gasteiger partial charge in [0.15, 0.2) is 0 Å². The molecule has 0 saturated heterocycles. The number of rotatable bonds is 0. The van der Waals surface area contributed by atoms with Gasteiger partial charge in [-0.25, -0.2) is 4.98 Å². The van der Waals surface area contributed by atoms with Crippen LogP contribution in [-0.2, 0) is 0 Å². The summed E-state index contributed by atoms with van der Waals surface area (Å²) in [6.07, 6.45) is 0. The molecule has 2 aromatic heterocycles. The Labute approximate surface area is 77.1 Å². The summed E-state index contributed by atoms with van der Waals surface area (Å²) >= 11 is 2.21. The molecule has 11 heavy (non-hydrogen) atoms. The van der Waals surface area contributed by atoms with Crippen LogP contribution in [0.25, 0.3) is 11.0 Å². The lowest BCUT2D eigenvalue weighted by atomic mass is 10.4. The molecule has 0 aromatic carbocycles. The molecule has 0 spiro atoms. The van der Waals surface area contributed by atoms with Crippen molar-refractivity contribution in [2.75, 3.05) is 5.73 Å². The molecule has 2 aromatic rings. The highest BCUT2D eigenvalue weighted by Gasteiger charge is 1.98. The molecule has 0 radical (unpaired) electrons. The number of aromatic nitrogens is 2. The molecule has 3 N–H and O–H groups in total. The standard InChI is InChI=1S/C7H6IN3/c8-6-3-5-4(10-6)1-2-7(9)11-5/h1-3,10H,(H2,9,11). The molecule has 2 heterocycles. The smallest absolute Gasteiger partial charge is 0.124 e. The van der Waals surface area contributed by atoms with Crippen LogP contribution >= 0.6 is 22.6 Å². The highest BCUT2D eigenvalue weighted by atomic mass is 127. The number of hydrogen-bond donors (Lipinski definition) is 2. The first-order valence-corrected chi connectivity index (χ1v) is 4.24. The number of hydrogen-bond acceptors (Lipinski definition) is 2. The second-order valence-electron chi connectivity index (χ2n) is 2.29. The fourth-order valence-corrected chi connectivity index (χ4v) is 1.58. The van der Waals surface area contributed by atoms with Crippen LogP contribution in [0.15, 0.2) is 18.2 Å². The number of pyridine rings is 1. The Bertz CT molecular complexity index is 393. The zero-order valence-corrected chi connectivity index (χ0v) is 7.79. The third-order valence-corrected chi connectivity index (χ3v) is 2.04. The number of H-pyrrole nitrogens is 1. The number of nitrogens with one attached hydrogen (secondary N) is 1. The Kier molecular flexibility index (Phi) is 1.49. The van der Waals surface area contributed by atoms with Gasteiger partial charge in [0, 0.05) is 0 Å². The molecule has 2 rings (SSSR count). The number of anilines is 1. The average molecular weight is 259 g/mol. The molecule has 0 atom stereocenters. The normalized spacial score (nSPS) is 10.6. The first-order chi connectivity index (χ1) is 5.25. The Balaban J connectivity index is 2.82. The predicted molar refractivity (Wildman–Crippen MR) is 53.2 cm³/mol. The van der Waals surface area contributed by atoms with E-state index in [0.717, 1.165) is 14.7 Å². The van der Waals surface area contributed by atoms with Gasteiger partial charge in [-0.15, -0.1) is 0 Å². The van der Waals surface area contributed by atoms with Crippen molar-refractivity contribution in [2.45, 2.75) is 0 Å². The predicted octanol–water partition coefficient (Wildman–Crippen LogP) is 1.75. The molecule has 0 saturated carbocycles. The van der Waals surface area contributed by atoms with Crippen LogP contribution in [0.2, 0.25) is 0 Å². The number of nitrogen functional groups attached to an aromatic ring is 1. The summed E-state index contributed by atoms with van der Waals surface area (Å²) in [7, 11) is 0. The van der Waals surface area contributed by atoms with E-state index in [1.165, 1.54) is 0 Å². The minimum absolute atomic E-state index is 0.563. The zero-order chi connectivity index (χ0) is 7.84. The number of aromatic amines is 1. The minimum Gasteiger partial charge on any atom is -0.384 e. The van der Waals surface area contributed by atoms with Crippen LogP contribution in [0, 0.1) is 3.70 Å². The van der Waals surface area contributed by atoms with Gasteiger partial charge >= 0.3 is 0 Å². The van der Waals surface area contributed by atoms with Gasteiger partial charge in [-0.3, -0.25) is 0 Å². The van der Waals surface area contributed by atoms with Gasteiger partial charge in [0.05, 0.1) is 14.7 Å². The second kappa shape index (κ2) is 2.37. The lowest BCUT2D eigenvalue weighted by Crippen LogP contribution is -1.87. The number of halogens is 1. The maximum Gasteiger partial charge on any atom is 0.124 e. The zero-order valence-electron chi connectivity index (χ0n) is 5.63. The molecule has 0 aliphatic carbocycles. The summed E-state index contributed by atoms with van der Waals surface area (Å²) in [6.45, 7) is 0. The van der Waals surface area contributed by atoms with Crippen molar-refractivity contribution in [1.29, 1.82) is 0 Å². The lowest BCUT2D eigenvalue weighted by Gasteiger charge is -1.89. The monoisotopic (exact) mass is 259 g/mol. The topological polar surface area (TPSA) is 54.7 Å². The first kappa shape index (κ1) is 6.90. The molecular formula is C7H6IN3. The van der Waals surface area contributed by atoms with Crippen molar-refractivity contribution < 1.29 is 0 Å². The number of fused-ring (bicyclic) bond motifs is 1. The SMILES string of the molecule is Nc1ccc2[nH]c(I)cc2n1. The number of nitrogens with two attached hydrogens (primary N) is 1. The van der Waals surface area contributed by atoms with Crippen molar-refractivity contribution in [3.63, 3.8) is 0 Å². The van der Waals surface area contributed by atoms with Crippen molar-refractivity contribution in [3.8, 4) is 0 Å². The van der Waals surface area contributed by atoms with Crippen LogP contribution in [0.4, 0.5) is 5.82 Å². The van der Waals surface area contributed by atoms with E-state index in [1.54, 1.807) is 6.07 Å². The van der Waals surface area contributed by atoms with E-state index in [9.17, 15) is 0 Å². The van der Waals surface area contributed by atoms with E-state index >= 15 is 0 Å². The summed E-state index contributed by atoms with van der Waals surface area (Å²) in [5, 5.41) is 0. The summed E-state index contributed by atoms with van der Waals surface area (Å²) < 4.78 is 1.08. The van der Waals surface area contributed by atoms with E-state index in [-0.39, 0.29) is 0 Å². The summed E-state index contributed by atoms with van der Waals surface area (Å²) in [5.41, 5.74) is 7.46. The van der Waals surface area contributed by atoms with Crippen LogP contribution in [0.3, 0.4) is 0 Å². The van der Waals surface area contributed by atoms with Crippen molar-refractivity contribution >= 4 is 39.4 Å². The average Bonchev–Trinajstić information content (AvgIpc) is 2.27. The number of nitrogens with zero attached hydrogens (tertiary/aromatic N) is 1. The maximum absolute atomic E-state index is 5.51. The highest BCUT2D eigenvalue weighted by Crippen LogP contribution is 2.15. The molecular weight excluding hydrogens is 253 g/mol. The van der Waals surface area contributed by atoms with Gasteiger partial charge < -0.3 is 10.7 Å². The highest BCUT2D eigenvalue weighted by molar-refractivity contribution is 14.1. The molecule has 0 unspecified atom stereocenters. The molecule has 0 aliphatic heterocycles. The van der Waals surface area contributed by atoms with Gasteiger partial charge in [0.25, 0.3) is 0 Å². The van der Waals surface area contributed by atoms with E-state index < -0.39 is 0 Å². The van der Waals surface area contributed by atoms with Crippen molar-refractivity contribution in [3.05, 3.63) is 21.9 Å². The Morgan fingerprint density at radius 3 is 3.09 bits per heavy atom. The quantitative estimate of drug-likeness (QED) is 0.708. The molecule has 0 fully saturated rings. The second-order valence-corrected chi connectivity index (χ2v) is 3.45. The first-order valence-electron chi connectivity index (χ1n) is 3.16. The fourth-order valence-electron chi connectivity index (χ4n) is 0.991.